The Kier molecular flexibility index (Phi) is 5.90. The average Bonchev–Trinajstić information content (AvgIpc) is 2.67. The molecule has 0 radical (unpaired) electrons. The fraction of sp³-hybridized carbons (Fsp3) is 0.261. The molecule has 0 spiro atoms. The fourth-order valence-corrected chi connectivity index (χ4v) is 3.34. The van der Waals surface area contributed by atoms with Crippen molar-refractivity contribution < 1.29 is 8.81 Å². The van der Waals surface area contributed by atoms with Gasteiger partial charge in [-0.1, -0.05) is 18.1 Å². The number of anilines is 2. The Hall–Kier alpha value is -3.30. The molecule has 3 rings (SSSR count). The monoisotopic (exact) mass is 393 g/mol. The van der Waals surface area contributed by atoms with Gasteiger partial charge in [0.05, 0.1) is 12.2 Å². The third kappa shape index (κ3) is 4.25. The molecule has 0 saturated heterocycles. The molecule has 150 valence electrons. The van der Waals surface area contributed by atoms with Crippen LogP contribution < -0.4 is 16.3 Å². The van der Waals surface area contributed by atoms with Crippen LogP contribution in [0.5, 0.6) is 0 Å². The van der Waals surface area contributed by atoms with Gasteiger partial charge in [0.15, 0.2) is 0 Å². The quantitative estimate of drug-likeness (QED) is 0.396. The lowest BCUT2D eigenvalue weighted by molar-refractivity contribution is 0.367. The number of terminal acetylenes is 1. The molecule has 2 N–H and O–H groups in total. The summed E-state index contributed by atoms with van der Waals surface area (Å²) < 4.78 is 20.1. The summed E-state index contributed by atoms with van der Waals surface area (Å²) in [5.41, 5.74) is 8.20. The molecule has 0 aliphatic heterocycles. The Balaban J connectivity index is 2.20. The molecule has 2 aromatic carbocycles. The number of halogens is 1. The molecule has 1 heterocycles. The first kappa shape index (κ1) is 20.4. The average molecular weight is 393 g/mol. The summed E-state index contributed by atoms with van der Waals surface area (Å²) in [5, 5.41) is 0.804. The molecule has 0 fully saturated rings. The zero-order valence-electron chi connectivity index (χ0n) is 16.8. The lowest BCUT2D eigenvalue weighted by Gasteiger charge is -2.19. The van der Waals surface area contributed by atoms with Crippen LogP contribution in [0.15, 0.2) is 45.6 Å². The highest BCUT2D eigenvalue weighted by atomic mass is 19.1. The summed E-state index contributed by atoms with van der Waals surface area (Å²) in [6, 6.07) is 10.5. The molecule has 3 aromatic rings. The molecule has 5 nitrogen and oxygen atoms in total. The van der Waals surface area contributed by atoms with Gasteiger partial charge in [0.1, 0.15) is 11.4 Å². The minimum Gasteiger partial charge on any atom is -0.422 e. The minimum absolute atomic E-state index is 0.0503. The molecule has 0 amide bonds. The number of hydrogen-bond donors (Lipinski definition) is 1. The van der Waals surface area contributed by atoms with Gasteiger partial charge in [-0.15, -0.1) is 6.42 Å². The number of nitrogen functional groups attached to an aromatic ring is 1. The van der Waals surface area contributed by atoms with Crippen LogP contribution in [0.3, 0.4) is 0 Å². The van der Waals surface area contributed by atoms with Crippen molar-refractivity contribution in [2.45, 2.75) is 13.0 Å². The van der Waals surface area contributed by atoms with Crippen molar-refractivity contribution in [3.63, 3.8) is 0 Å². The first-order valence-corrected chi connectivity index (χ1v) is 9.22. The topological polar surface area (TPSA) is 62.7 Å². The maximum atomic E-state index is 14.5. The molecular weight excluding hydrogens is 369 g/mol. The van der Waals surface area contributed by atoms with Crippen LogP contribution in [-0.4, -0.2) is 32.6 Å². The van der Waals surface area contributed by atoms with E-state index < -0.39 is 11.4 Å². The highest BCUT2D eigenvalue weighted by Gasteiger charge is 2.19. The standard InChI is InChI=1S/C23H24FN3O2/c1-5-11-27(4)14-19-17-10-9-16(26(2)3)13-21(17)29-23(28)18(19)12-15-7-6-8-20(25)22(15)24/h1,6-10,13H,11-12,14,25H2,2-4H3. The molecule has 0 aliphatic carbocycles. The highest BCUT2D eigenvalue weighted by molar-refractivity contribution is 5.84. The van der Waals surface area contributed by atoms with Gasteiger partial charge < -0.3 is 15.1 Å². The SMILES string of the molecule is C#CCN(C)Cc1c(Cc2cccc(N)c2F)c(=O)oc2cc(N(C)C)ccc12. The van der Waals surface area contributed by atoms with Gasteiger partial charge in [0, 0.05) is 49.8 Å². The summed E-state index contributed by atoms with van der Waals surface area (Å²) in [4.78, 5) is 16.7. The molecule has 6 heteroatoms. The van der Waals surface area contributed by atoms with Crippen molar-refractivity contribution in [2.75, 3.05) is 38.3 Å². The zero-order chi connectivity index (χ0) is 21.1. The lowest BCUT2D eigenvalue weighted by atomic mass is 9.97. The Labute approximate surface area is 169 Å². The Morgan fingerprint density at radius 1 is 1.17 bits per heavy atom. The maximum Gasteiger partial charge on any atom is 0.340 e. The van der Waals surface area contributed by atoms with Crippen LogP contribution in [0.4, 0.5) is 15.8 Å². The predicted octanol–water partition coefficient (Wildman–Crippen LogP) is 3.24. The van der Waals surface area contributed by atoms with Gasteiger partial charge in [0.2, 0.25) is 0 Å². The molecule has 0 unspecified atom stereocenters. The van der Waals surface area contributed by atoms with Gasteiger partial charge in [0.25, 0.3) is 0 Å². The first-order chi connectivity index (χ1) is 13.8. The van der Waals surface area contributed by atoms with E-state index in [4.69, 9.17) is 16.6 Å². The summed E-state index contributed by atoms with van der Waals surface area (Å²) in [5.74, 6) is 2.09. The van der Waals surface area contributed by atoms with Gasteiger partial charge in [-0.05, 0) is 36.4 Å². The Morgan fingerprint density at radius 2 is 1.93 bits per heavy atom. The summed E-state index contributed by atoms with van der Waals surface area (Å²) in [6.45, 7) is 0.858. The molecular formula is C23H24FN3O2. The molecule has 29 heavy (non-hydrogen) atoms. The van der Waals surface area contributed by atoms with Crippen molar-refractivity contribution in [2.24, 2.45) is 0 Å². The minimum atomic E-state index is -0.516. The summed E-state index contributed by atoms with van der Waals surface area (Å²) in [6.07, 6.45) is 5.52. The second-order valence-corrected chi connectivity index (χ2v) is 7.30. The van der Waals surface area contributed by atoms with E-state index in [9.17, 15) is 9.18 Å². The van der Waals surface area contributed by atoms with Crippen LogP contribution in [0.25, 0.3) is 11.0 Å². The smallest absolute Gasteiger partial charge is 0.340 e. The van der Waals surface area contributed by atoms with Crippen molar-refractivity contribution >= 4 is 22.3 Å². The van der Waals surface area contributed by atoms with Gasteiger partial charge in [-0.25, -0.2) is 9.18 Å². The summed E-state index contributed by atoms with van der Waals surface area (Å²) in [7, 11) is 5.70. The van der Waals surface area contributed by atoms with E-state index in [-0.39, 0.29) is 12.1 Å². The maximum absolute atomic E-state index is 14.5. The largest absolute Gasteiger partial charge is 0.422 e. The van der Waals surface area contributed by atoms with Crippen molar-refractivity contribution in [3.05, 3.63) is 69.3 Å². The molecule has 1 aromatic heterocycles. The van der Waals surface area contributed by atoms with E-state index in [1.807, 2.05) is 49.1 Å². The van der Waals surface area contributed by atoms with Crippen molar-refractivity contribution in [1.29, 1.82) is 0 Å². The van der Waals surface area contributed by atoms with Crippen LogP contribution in [-0.2, 0) is 13.0 Å². The summed E-state index contributed by atoms with van der Waals surface area (Å²) >= 11 is 0. The molecule has 0 aliphatic rings. The fourth-order valence-electron chi connectivity index (χ4n) is 3.34. The van der Waals surface area contributed by atoms with Crippen LogP contribution in [0.2, 0.25) is 0 Å². The van der Waals surface area contributed by atoms with E-state index in [0.717, 1.165) is 16.6 Å². The highest BCUT2D eigenvalue weighted by Crippen LogP contribution is 2.27. The number of rotatable bonds is 6. The van der Waals surface area contributed by atoms with E-state index in [1.54, 1.807) is 12.1 Å². The van der Waals surface area contributed by atoms with Gasteiger partial charge in [-0.3, -0.25) is 4.90 Å². The van der Waals surface area contributed by atoms with E-state index in [0.29, 0.717) is 29.8 Å². The van der Waals surface area contributed by atoms with Gasteiger partial charge in [-0.2, -0.15) is 0 Å². The van der Waals surface area contributed by atoms with Crippen LogP contribution in [0, 0.1) is 18.2 Å². The normalized spacial score (nSPS) is 11.0. The number of nitrogens with two attached hydrogens (primary N) is 1. The molecule has 0 atom stereocenters. The zero-order valence-corrected chi connectivity index (χ0v) is 16.8. The number of benzene rings is 2. The second kappa shape index (κ2) is 8.38. The van der Waals surface area contributed by atoms with Crippen LogP contribution in [0.1, 0.15) is 16.7 Å². The third-order valence-electron chi connectivity index (χ3n) is 4.89. The number of fused-ring (bicyclic) bond motifs is 1. The molecule has 0 saturated carbocycles. The van der Waals surface area contributed by atoms with Crippen molar-refractivity contribution in [1.82, 2.24) is 4.90 Å². The Bertz CT molecular complexity index is 1150. The van der Waals surface area contributed by atoms with Crippen molar-refractivity contribution in [3.8, 4) is 12.3 Å². The van der Waals surface area contributed by atoms with E-state index in [1.165, 1.54) is 6.07 Å². The Morgan fingerprint density at radius 3 is 2.62 bits per heavy atom. The molecule has 0 bridgehead atoms. The van der Waals surface area contributed by atoms with Gasteiger partial charge >= 0.3 is 5.63 Å². The second-order valence-electron chi connectivity index (χ2n) is 7.30. The van der Waals surface area contributed by atoms with Crippen LogP contribution >= 0.6 is 0 Å². The van der Waals surface area contributed by atoms with E-state index >= 15 is 0 Å². The van der Waals surface area contributed by atoms with E-state index in [2.05, 4.69) is 5.92 Å². The number of hydrogen-bond acceptors (Lipinski definition) is 5. The first-order valence-electron chi connectivity index (χ1n) is 9.22. The third-order valence-corrected chi connectivity index (χ3v) is 4.89. The lowest BCUT2D eigenvalue weighted by Crippen LogP contribution is -2.22. The number of nitrogens with zero attached hydrogens (tertiary/aromatic N) is 2. The predicted molar refractivity (Wildman–Crippen MR) is 116 cm³/mol.